The molecule has 140 valence electrons. The predicted octanol–water partition coefficient (Wildman–Crippen LogP) is 4.37. The highest BCUT2D eigenvalue weighted by molar-refractivity contribution is 5.90. The van der Waals surface area contributed by atoms with Crippen molar-refractivity contribution in [2.75, 3.05) is 12.4 Å². The Balaban J connectivity index is 1.98. The quantitative estimate of drug-likeness (QED) is 0.737. The second-order valence-corrected chi connectivity index (χ2v) is 6.11. The number of carbonyl (C=O) groups excluding carboxylic acids is 1. The van der Waals surface area contributed by atoms with Crippen LogP contribution in [-0.4, -0.2) is 27.8 Å². The first-order valence-electron chi connectivity index (χ1n) is 8.15. The summed E-state index contributed by atoms with van der Waals surface area (Å²) in [5.74, 6) is -1.20. The maximum atomic E-state index is 13.1. The number of carbonyl (C=O) groups is 1. The average molecular weight is 374 g/mol. The minimum atomic E-state index is -4.65. The predicted molar refractivity (Wildman–Crippen MR) is 96.4 cm³/mol. The van der Waals surface area contributed by atoms with Crippen LogP contribution in [0, 0.1) is 0 Å². The van der Waals surface area contributed by atoms with Crippen LogP contribution in [0.1, 0.15) is 18.3 Å². The van der Waals surface area contributed by atoms with Gasteiger partial charge in [-0.2, -0.15) is 13.2 Å². The van der Waals surface area contributed by atoms with Gasteiger partial charge in [0, 0.05) is 31.6 Å². The molecule has 0 atom stereocenters. The number of benzene rings is 2. The van der Waals surface area contributed by atoms with Crippen LogP contribution in [0.4, 0.5) is 24.7 Å². The van der Waals surface area contributed by atoms with Gasteiger partial charge < -0.3 is 10.2 Å². The molecule has 0 bridgehead atoms. The molecule has 0 unspecified atom stereocenters. The van der Waals surface area contributed by atoms with Gasteiger partial charge in [0.2, 0.25) is 11.7 Å². The maximum absolute atomic E-state index is 13.1. The number of para-hydroxylation sites is 1. The van der Waals surface area contributed by atoms with Gasteiger partial charge in [0.15, 0.2) is 0 Å². The molecule has 0 aliphatic carbocycles. The molecule has 3 aromatic rings. The summed E-state index contributed by atoms with van der Waals surface area (Å²) < 4.78 is 39.4. The number of nitrogens with one attached hydrogen (secondary N) is 1. The Morgan fingerprint density at radius 1 is 1.11 bits per heavy atom. The van der Waals surface area contributed by atoms with Crippen LogP contribution in [0.2, 0.25) is 0 Å². The second kappa shape index (κ2) is 7.22. The zero-order valence-corrected chi connectivity index (χ0v) is 14.7. The number of alkyl halides is 3. The van der Waals surface area contributed by atoms with E-state index in [1.807, 2.05) is 6.07 Å². The van der Waals surface area contributed by atoms with Gasteiger partial charge in [0.05, 0.1) is 5.52 Å². The van der Waals surface area contributed by atoms with Gasteiger partial charge in [0.1, 0.15) is 5.82 Å². The largest absolute Gasteiger partial charge is 0.451 e. The van der Waals surface area contributed by atoms with E-state index < -0.39 is 12.0 Å². The zero-order chi connectivity index (χ0) is 19.6. The molecule has 0 saturated heterocycles. The van der Waals surface area contributed by atoms with E-state index in [-0.39, 0.29) is 17.2 Å². The van der Waals surface area contributed by atoms with Crippen molar-refractivity contribution in [3.8, 4) is 0 Å². The fourth-order valence-electron chi connectivity index (χ4n) is 2.57. The Hall–Kier alpha value is -3.16. The van der Waals surface area contributed by atoms with E-state index in [9.17, 15) is 18.0 Å². The molecule has 1 heterocycles. The Morgan fingerprint density at radius 3 is 2.56 bits per heavy atom. The van der Waals surface area contributed by atoms with E-state index in [1.54, 1.807) is 48.3 Å². The lowest BCUT2D eigenvalue weighted by atomic mass is 10.1. The van der Waals surface area contributed by atoms with Crippen molar-refractivity contribution in [3.63, 3.8) is 0 Å². The molecule has 0 saturated carbocycles. The third-order valence-corrected chi connectivity index (χ3v) is 4.00. The summed E-state index contributed by atoms with van der Waals surface area (Å²) in [6.45, 7) is 1.86. The van der Waals surface area contributed by atoms with E-state index in [0.717, 1.165) is 5.56 Å². The summed E-state index contributed by atoms with van der Waals surface area (Å²) in [5, 5.41) is 3.43. The topological polar surface area (TPSA) is 58.1 Å². The summed E-state index contributed by atoms with van der Waals surface area (Å²) in [6.07, 6.45) is -4.65. The molecule has 5 nitrogen and oxygen atoms in total. The highest BCUT2D eigenvalue weighted by Gasteiger charge is 2.35. The first kappa shape index (κ1) is 18.6. The van der Waals surface area contributed by atoms with Gasteiger partial charge in [-0.1, -0.05) is 24.3 Å². The van der Waals surface area contributed by atoms with Crippen LogP contribution in [0.15, 0.2) is 48.5 Å². The summed E-state index contributed by atoms with van der Waals surface area (Å²) in [6, 6.07) is 13.6. The fraction of sp³-hybridized carbons (Fsp3) is 0.211. The summed E-state index contributed by atoms with van der Waals surface area (Å²) >= 11 is 0. The summed E-state index contributed by atoms with van der Waals surface area (Å²) in [4.78, 5) is 20.2. The minimum absolute atomic E-state index is 0.0741. The number of anilines is 2. The van der Waals surface area contributed by atoms with Crippen LogP contribution in [0.25, 0.3) is 10.9 Å². The summed E-state index contributed by atoms with van der Waals surface area (Å²) in [5.41, 5.74) is 1.61. The van der Waals surface area contributed by atoms with Crippen molar-refractivity contribution in [3.05, 3.63) is 59.9 Å². The standard InChI is InChI=1S/C19H17F3N4O/c1-12(27)26(2)11-13-6-5-7-14(10-13)23-17-15-8-3-4-9-16(15)24-18(25-17)19(20,21)22/h3-10H,11H2,1-2H3,(H,23,24,25). The lowest BCUT2D eigenvalue weighted by Gasteiger charge is -2.16. The first-order chi connectivity index (χ1) is 12.7. The number of rotatable bonds is 4. The monoisotopic (exact) mass is 374 g/mol. The van der Waals surface area contributed by atoms with E-state index in [0.29, 0.717) is 17.6 Å². The molecule has 8 heteroatoms. The number of amides is 1. The van der Waals surface area contributed by atoms with Crippen molar-refractivity contribution in [2.24, 2.45) is 0 Å². The Kier molecular flexibility index (Phi) is 4.98. The third-order valence-electron chi connectivity index (χ3n) is 4.00. The molecule has 0 radical (unpaired) electrons. The van der Waals surface area contributed by atoms with Gasteiger partial charge >= 0.3 is 6.18 Å². The van der Waals surface area contributed by atoms with Gasteiger partial charge in [-0.05, 0) is 29.8 Å². The molecule has 0 aliphatic rings. The zero-order valence-electron chi connectivity index (χ0n) is 14.7. The van der Waals surface area contributed by atoms with Gasteiger partial charge in [-0.3, -0.25) is 4.79 Å². The van der Waals surface area contributed by atoms with Crippen LogP contribution in [-0.2, 0) is 17.5 Å². The van der Waals surface area contributed by atoms with Gasteiger partial charge in [-0.25, -0.2) is 9.97 Å². The van der Waals surface area contributed by atoms with E-state index in [1.165, 1.54) is 13.0 Å². The molecule has 0 fully saturated rings. The molecule has 1 N–H and O–H groups in total. The molecule has 1 amide bonds. The number of aromatic nitrogens is 2. The molecule has 2 aromatic carbocycles. The highest BCUT2D eigenvalue weighted by Crippen LogP contribution is 2.31. The highest BCUT2D eigenvalue weighted by atomic mass is 19.4. The van der Waals surface area contributed by atoms with Gasteiger partial charge in [-0.15, -0.1) is 0 Å². The number of halogens is 3. The van der Waals surface area contributed by atoms with Crippen molar-refractivity contribution in [1.82, 2.24) is 14.9 Å². The smallest absolute Gasteiger partial charge is 0.342 e. The average Bonchev–Trinajstić information content (AvgIpc) is 2.61. The fourth-order valence-corrected chi connectivity index (χ4v) is 2.57. The molecule has 3 rings (SSSR count). The number of hydrogen-bond donors (Lipinski definition) is 1. The normalized spacial score (nSPS) is 11.4. The van der Waals surface area contributed by atoms with Crippen molar-refractivity contribution < 1.29 is 18.0 Å². The molecule has 1 aromatic heterocycles. The first-order valence-corrected chi connectivity index (χ1v) is 8.15. The van der Waals surface area contributed by atoms with E-state index in [2.05, 4.69) is 15.3 Å². The van der Waals surface area contributed by atoms with E-state index in [4.69, 9.17) is 0 Å². The van der Waals surface area contributed by atoms with Gasteiger partial charge in [0.25, 0.3) is 0 Å². The number of nitrogens with zero attached hydrogens (tertiary/aromatic N) is 3. The lowest BCUT2D eigenvalue weighted by molar-refractivity contribution is -0.144. The van der Waals surface area contributed by atoms with Crippen LogP contribution in [0.3, 0.4) is 0 Å². The number of hydrogen-bond acceptors (Lipinski definition) is 4. The van der Waals surface area contributed by atoms with Crippen LogP contribution in [0.5, 0.6) is 0 Å². The van der Waals surface area contributed by atoms with E-state index >= 15 is 0 Å². The van der Waals surface area contributed by atoms with Crippen LogP contribution >= 0.6 is 0 Å². The van der Waals surface area contributed by atoms with Crippen molar-refractivity contribution in [2.45, 2.75) is 19.6 Å². The molecular formula is C19H17F3N4O. The lowest BCUT2D eigenvalue weighted by Crippen LogP contribution is -2.22. The maximum Gasteiger partial charge on any atom is 0.451 e. The Morgan fingerprint density at radius 2 is 1.85 bits per heavy atom. The Labute approximate surface area is 153 Å². The third kappa shape index (κ3) is 4.33. The van der Waals surface area contributed by atoms with Crippen molar-refractivity contribution in [1.29, 1.82) is 0 Å². The van der Waals surface area contributed by atoms with Crippen molar-refractivity contribution >= 4 is 28.3 Å². The molecule has 0 spiro atoms. The minimum Gasteiger partial charge on any atom is -0.342 e. The Bertz CT molecular complexity index is 988. The SMILES string of the molecule is CC(=O)N(C)Cc1cccc(Nc2nc(C(F)(F)F)nc3ccccc23)c1. The molecular weight excluding hydrogens is 357 g/mol. The second-order valence-electron chi connectivity index (χ2n) is 6.11. The van der Waals surface area contributed by atoms with Crippen LogP contribution < -0.4 is 5.32 Å². The number of fused-ring (bicyclic) bond motifs is 1. The molecule has 0 aliphatic heterocycles. The molecule has 27 heavy (non-hydrogen) atoms. The summed E-state index contributed by atoms with van der Waals surface area (Å²) in [7, 11) is 1.68.